The van der Waals surface area contributed by atoms with Crippen LogP contribution in [-0.2, 0) is 0 Å². The number of hydrogen-bond donors (Lipinski definition) is 2. The quantitative estimate of drug-likeness (QED) is 0.739. The molecule has 0 amide bonds. The van der Waals surface area contributed by atoms with E-state index in [1.165, 1.54) is 57.8 Å². The summed E-state index contributed by atoms with van der Waals surface area (Å²) in [7, 11) is 0. The Morgan fingerprint density at radius 2 is 1.05 bits per heavy atom. The molecule has 0 heterocycles. The van der Waals surface area contributed by atoms with Crippen LogP contribution in [0.25, 0.3) is 0 Å². The van der Waals surface area contributed by atoms with E-state index in [1.807, 2.05) is 0 Å². The molecule has 20 heavy (non-hydrogen) atoms. The molecule has 0 aliphatic heterocycles. The van der Waals surface area contributed by atoms with Gasteiger partial charge in [-0.05, 0) is 31.6 Å². The summed E-state index contributed by atoms with van der Waals surface area (Å²) in [5.41, 5.74) is -0.797. The Kier molecular flexibility index (Phi) is 6.83. The van der Waals surface area contributed by atoms with Crippen LogP contribution in [0.4, 0.5) is 0 Å². The molecular weight excluding hydrogens is 248 g/mol. The Balaban J connectivity index is 2.04. The summed E-state index contributed by atoms with van der Waals surface area (Å²) in [6, 6.07) is 0. The first kappa shape index (κ1) is 16.3. The topological polar surface area (TPSA) is 40.5 Å². The van der Waals surface area contributed by atoms with Crippen LogP contribution in [0.1, 0.15) is 96.3 Å². The van der Waals surface area contributed by atoms with E-state index in [-0.39, 0.29) is 0 Å². The van der Waals surface area contributed by atoms with Crippen molar-refractivity contribution in [2.24, 2.45) is 5.92 Å². The molecule has 2 aliphatic carbocycles. The minimum Gasteiger partial charge on any atom is -0.390 e. The van der Waals surface area contributed by atoms with Crippen LogP contribution in [0.5, 0.6) is 0 Å². The number of aliphatic hydroxyl groups excluding tert-OH is 1. The molecule has 0 aromatic rings. The van der Waals surface area contributed by atoms with Crippen molar-refractivity contribution < 1.29 is 10.2 Å². The summed E-state index contributed by atoms with van der Waals surface area (Å²) in [6.45, 7) is 0. The second-order valence-electron chi connectivity index (χ2n) is 7.21. The normalized spacial score (nSPS) is 36.0. The van der Waals surface area contributed by atoms with Gasteiger partial charge >= 0.3 is 0 Å². The zero-order valence-corrected chi connectivity index (χ0v) is 13.2. The van der Waals surface area contributed by atoms with Crippen LogP contribution in [0.15, 0.2) is 0 Å². The van der Waals surface area contributed by atoms with E-state index >= 15 is 0 Å². The molecule has 0 radical (unpaired) electrons. The first-order valence-corrected chi connectivity index (χ1v) is 9.14. The average Bonchev–Trinajstić information content (AvgIpc) is 2.63. The highest BCUT2D eigenvalue weighted by molar-refractivity contribution is 4.93. The number of hydrogen-bond acceptors (Lipinski definition) is 2. The van der Waals surface area contributed by atoms with Gasteiger partial charge < -0.3 is 10.2 Å². The molecular formula is C18H34O2. The summed E-state index contributed by atoms with van der Waals surface area (Å²) in [5.74, 6) is 0.327. The Hall–Kier alpha value is -0.0800. The Morgan fingerprint density at radius 3 is 1.65 bits per heavy atom. The van der Waals surface area contributed by atoms with Crippen molar-refractivity contribution in [3.8, 4) is 0 Å². The molecule has 0 aromatic heterocycles. The Morgan fingerprint density at radius 1 is 0.600 bits per heavy atom. The maximum atomic E-state index is 11.3. The monoisotopic (exact) mass is 282 g/mol. The van der Waals surface area contributed by atoms with Crippen molar-refractivity contribution >= 4 is 0 Å². The van der Waals surface area contributed by atoms with E-state index in [0.29, 0.717) is 5.92 Å². The molecule has 2 saturated carbocycles. The minimum absolute atomic E-state index is 0.327. The maximum absolute atomic E-state index is 11.3. The first-order chi connectivity index (χ1) is 9.73. The predicted octanol–water partition coefficient (Wildman–Crippen LogP) is 4.57. The fourth-order valence-electron chi connectivity index (χ4n) is 4.30. The van der Waals surface area contributed by atoms with Crippen LogP contribution in [0.2, 0.25) is 0 Å². The van der Waals surface area contributed by atoms with E-state index < -0.39 is 11.7 Å². The zero-order chi connectivity index (χ0) is 14.3. The summed E-state index contributed by atoms with van der Waals surface area (Å²) in [5, 5.41) is 21.8. The van der Waals surface area contributed by atoms with E-state index in [0.717, 1.165) is 38.5 Å². The molecule has 2 rings (SSSR count). The predicted molar refractivity (Wildman–Crippen MR) is 83.7 cm³/mol. The van der Waals surface area contributed by atoms with Crippen LogP contribution in [0.3, 0.4) is 0 Å². The minimum atomic E-state index is -0.797. The van der Waals surface area contributed by atoms with Gasteiger partial charge in [-0.3, -0.25) is 0 Å². The molecule has 2 unspecified atom stereocenters. The van der Waals surface area contributed by atoms with E-state index in [2.05, 4.69) is 0 Å². The van der Waals surface area contributed by atoms with Crippen molar-refractivity contribution in [3.05, 3.63) is 0 Å². The highest BCUT2D eigenvalue weighted by Gasteiger charge is 2.41. The third-order valence-corrected chi connectivity index (χ3v) is 5.69. The molecule has 0 spiro atoms. The second kappa shape index (κ2) is 8.38. The van der Waals surface area contributed by atoms with Crippen molar-refractivity contribution in [2.45, 2.75) is 108 Å². The molecule has 0 bridgehead atoms. The van der Waals surface area contributed by atoms with Gasteiger partial charge in [0.2, 0.25) is 0 Å². The molecule has 2 nitrogen and oxygen atoms in total. The van der Waals surface area contributed by atoms with Gasteiger partial charge in [-0.2, -0.15) is 0 Å². The van der Waals surface area contributed by atoms with Crippen molar-refractivity contribution in [2.75, 3.05) is 0 Å². The van der Waals surface area contributed by atoms with Gasteiger partial charge in [-0.1, -0.05) is 70.6 Å². The standard InChI is InChI=1S/C18H34O2/c19-17-14-10-6-3-7-11-15-18(17,20)16-12-8-4-1-2-5-9-13-16/h16-17,19-20H,1-15H2. The lowest BCUT2D eigenvalue weighted by molar-refractivity contribution is -0.127. The highest BCUT2D eigenvalue weighted by Crippen LogP contribution is 2.38. The third-order valence-electron chi connectivity index (χ3n) is 5.69. The first-order valence-electron chi connectivity index (χ1n) is 9.14. The molecule has 2 heteroatoms. The highest BCUT2D eigenvalue weighted by atomic mass is 16.3. The average molecular weight is 282 g/mol. The van der Waals surface area contributed by atoms with Gasteiger partial charge in [-0.15, -0.1) is 0 Å². The zero-order valence-electron chi connectivity index (χ0n) is 13.2. The SMILES string of the molecule is OC1CCCCCCCC1(O)C1CCCCCCCC1. The van der Waals surface area contributed by atoms with Crippen LogP contribution < -0.4 is 0 Å². The van der Waals surface area contributed by atoms with Gasteiger partial charge in [0.25, 0.3) is 0 Å². The lowest BCUT2D eigenvalue weighted by Crippen LogP contribution is -2.49. The largest absolute Gasteiger partial charge is 0.390 e. The summed E-state index contributed by atoms with van der Waals surface area (Å²) in [4.78, 5) is 0. The summed E-state index contributed by atoms with van der Waals surface area (Å²) >= 11 is 0. The van der Waals surface area contributed by atoms with Gasteiger partial charge in [0, 0.05) is 0 Å². The molecule has 2 atom stereocenters. The Labute approximate surface area is 125 Å². The molecule has 0 aromatic carbocycles. The number of aliphatic hydroxyl groups is 2. The molecule has 0 saturated heterocycles. The Bertz CT molecular complexity index is 256. The smallest absolute Gasteiger partial charge is 0.0933 e. The van der Waals surface area contributed by atoms with E-state index in [9.17, 15) is 10.2 Å². The fraction of sp³-hybridized carbons (Fsp3) is 1.00. The van der Waals surface area contributed by atoms with Gasteiger partial charge in [0.1, 0.15) is 0 Å². The van der Waals surface area contributed by atoms with Gasteiger partial charge in [0.05, 0.1) is 11.7 Å². The van der Waals surface area contributed by atoms with E-state index in [1.54, 1.807) is 0 Å². The van der Waals surface area contributed by atoms with Crippen LogP contribution >= 0.6 is 0 Å². The van der Waals surface area contributed by atoms with Crippen molar-refractivity contribution in [1.82, 2.24) is 0 Å². The second-order valence-corrected chi connectivity index (χ2v) is 7.21. The maximum Gasteiger partial charge on any atom is 0.0933 e. The summed E-state index contributed by atoms with van der Waals surface area (Å²) in [6.07, 6.45) is 17.0. The fourth-order valence-corrected chi connectivity index (χ4v) is 4.30. The summed E-state index contributed by atoms with van der Waals surface area (Å²) < 4.78 is 0. The lowest BCUT2D eigenvalue weighted by Gasteiger charge is -2.40. The third kappa shape index (κ3) is 4.46. The lowest BCUT2D eigenvalue weighted by atomic mass is 9.73. The van der Waals surface area contributed by atoms with Crippen molar-refractivity contribution in [1.29, 1.82) is 0 Å². The van der Waals surface area contributed by atoms with Crippen LogP contribution in [0, 0.1) is 5.92 Å². The molecule has 2 fully saturated rings. The van der Waals surface area contributed by atoms with Crippen molar-refractivity contribution in [3.63, 3.8) is 0 Å². The molecule has 2 aliphatic rings. The number of rotatable bonds is 1. The molecule has 2 N–H and O–H groups in total. The van der Waals surface area contributed by atoms with Crippen LogP contribution in [-0.4, -0.2) is 21.9 Å². The van der Waals surface area contributed by atoms with Gasteiger partial charge in [-0.25, -0.2) is 0 Å². The van der Waals surface area contributed by atoms with Gasteiger partial charge in [0.15, 0.2) is 0 Å². The molecule has 118 valence electrons. The van der Waals surface area contributed by atoms with E-state index in [4.69, 9.17) is 0 Å².